The van der Waals surface area contributed by atoms with Crippen LogP contribution in [0.15, 0.2) is 0 Å². The van der Waals surface area contributed by atoms with Crippen LogP contribution in [0.1, 0.15) is 6.92 Å². The highest BCUT2D eigenvalue weighted by Crippen LogP contribution is 1.78. The van der Waals surface area contributed by atoms with Gasteiger partial charge in [-0.2, -0.15) is 0 Å². The molecule has 1 atom stereocenters. The third-order valence-electron chi connectivity index (χ3n) is 0.593. The first-order chi connectivity index (χ1) is 4.18. The summed E-state index contributed by atoms with van der Waals surface area (Å²) in [4.78, 5) is 14.4. The molecule has 0 heterocycles. The molecule has 5 nitrogen and oxygen atoms in total. The number of hydrogen-bond acceptors (Lipinski definition) is 5. The van der Waals surface area contributed by atoms with Crippen LogP contribution in [0, 0.1) is 0 Å². The fourth-order valence-electron chi connectivity index (χ4n) is 0.153. The molecule has 0 aliphatic carbocycles. The van der Waals surface area contributed by atoms with Gasteiger partial charge in [0.2, 0.25) is 0 Å². The number of carbonyl (C=O) groups excluding carboxylic acids is 1. The molecule has 0 fully saturated rings. The number of carbonyl (C=O) groups is 1. The summed E-state index contributed by atoms with van der Waals surface area (Å²) in [5, 5.41) is 0. The summed E-state index contributed by atoms with van der Waals surface area (Å²) < 4.78 is 3.77. The SMILES string of the molecule is CC(N)C(=O)NOOS. The van der Waals surface area contributed by atoms with E-state index in [0.717, 1.165) is 0 Å². The minimum absolute atomic E-state index is 0.468. The van der Waals surface area contributed by atoms with Crippen LogP contribution in [0.3, 0.4) is 0 Å². The van der Waals surface area contributed by atoms with Crippen LogP contribution >= 0.6 is 12.9 Å². The zero-order valence-corrected chi connectivity index (χ0v) is 5.72. The average Bonchev–Trinajstić information content (AvgIpc) is 1.82. The van der Waals surface area contributed by atoms with Crippen molar-refractivity contribution in [3.05, 3.63) is 0 Å². The topological polar surface area (TPSA) is 73.6 Å². The second-order valence-electron chi connectivity index (χ2n) is 1.41. The fourth-order valence-corrected chi connectivity index (χ4v) is 0.190. The average molecular weight is 152 g/mol. The van der Waals surface area contributed by atoms with E-state index in [4.69, 9.17) is 5.73 Å². The van der Waals surface area contributed by atoms with Gasteiger partial charge in [-0.05, 0) is 6.92 Å². The number of thiol groups is 1. The second kappa shape index (κ2) is 4.57. The zero-order valence-electron chi connectivity index (χ0n) is 4.83. The Morgan fingerprint density at radius 3 is 2.78 bits per heavy atom. The number of nitrogens with one attached hydrogen (secondary N) is 1. The fraction of sp³-hybridized carbons (Fsp3) is 0.667. The van der Waals surface area contributed by atoms with Gasteiger partial charge in [-0.3, -0.25) is 4.79 Å². The Morgan fingerprint density at radius 1 is 1.89 bits per heavy atom. The predicted octanol–water partition coefficient (Wildman–Crippen LogP) is -0.842. The maximum atomic E-state index is 10.4. The molecule has 0 aromatic carbocycles. The van der Waals surface area contributed by atoms with Gasteiger partial charge < -0.3 is 5.73 Å². The van der Waals surface area contributed by atoms with Crippen LogP contribution < -0.4 is 11.2 Å². The molecule has 0 aliphatic rings. The minimum atomic E-state index is -0.617. The number of amides is 1. The van der Waals surface area contributed by atoms with E-state index in [9.17, 15) is 4.79 Å². The van der Waals surface area contributed by atoms with Crippen LogP contribution in [-0.2, 0) is 14.1 Å². The van der Waals surface area contributed by atoms with Crippen LogP contribution in [0.4, 0.5) is 0 Å². The number of hydroxylamine groups is 1. The van der Waals surface area contributed by atoms with Gasteiger partial charge in [-0.1, -0.05) is 4.99 Å². The van der Waals surface area contributed by atoms with Crippen LogP contribution in [0.5, 0.6) is 0 Å². The van der Waals surface area contributed by atoms with Gasteiger partial charge in [0.05, 0.1) is 6.04 Å². The van der Waals surface area contributed by atoms with Crippen LogP contribution in [0.25, 0.3) is 0 Å². The van der Waals surface area contributed by atoms with Gasteiger partial charge in [0.15, 0.2) is 0 Å². The summed E-state index contributed by atoms with van der Waals surface area (Å²) in [6.45, 7) is 1.51. The summed E-state index contributed by atoms with van der Waals surface area (Å²) in [7, 11) is 0. The molecule has 9 heavy (non-hydrogen) atoms. The lowest BCUT2D eigenvalue weighted by Crippen LogP contribution is -2.37. The molecular weight excluding hydrogens is 144 g/mol. The summed E-state index contributed by atoms with van der Waals surface area (Å²) in [6, 6.07) is -0.617. The normalized spacial score (nSPS) is 12.8. The lowest BCUT2D eigenvalue weighted by atomic mass is 10.4. The molecule has 54 valence electrons. The molecule has 0 spiro atoms. The minimum Gasteiger partial charge on any atom is -0.320 e. The van der Waals surface area contributed by atoms with E-state index >= 15 is 0 Å². The standard InChI is InChI=1S/C3H8N2O3S/c1-2(4)3(6)5-7-8-9/h2,9H,4H2,1H3,(H,5,6). The van der Waals surface area contributed by atoms with E-state index in [0.29, 0.717) is 0 Å². The Kier molecular flexibility index (Phi) is 4.41. The first-order valence-electron chi connectivity index (χ1n) is 2.21. The first-order valence-corrected chi connectivity index (χ1v) is 2.57. The monoisotopic (exact) mass is 152 g/mol. The van der Waals surface area contributed by atoms with Gasteiger partial charge >= 0.3 is 0 Å². The number of nitrogens with two attached hydrogens (primary N) is 1. The second-order valence-corrected chi connectivity index (χ2v) is 1.56. The summed E-state index contributed by atoms with van der Waals surface area (Å²) in [6.07, 6.45) is 0. The molecule has 0 saturated heterocycles. The quantitative estimate of drug-likeness (QED) is 0.213. The van der Waals surface area contributed by atoms with E-state index in [-0.39, 0.29) is 0 Å². The third kappa shape index (κ3) is 4.22. The maximum Gasteiger partial charge on any atom is 0.262 e. The molecule has 0 saturated carbocycles. The molecule has 1 amide bonds. The van der Waals surface area contributed by atoms with Crippen molar-refractivity contribution >= 4 is 18.8 Å². The Bertz CT molecular complexity index is 97.1. The lowest BCUT2D eigenvalue weighted by molar-refractivity contribution is -0.239. The van der Waals surface area contributed by atoms with Crippen molar-refractivity contribution in [2.24, 2.45) is 5.73 Å². The third-order valence-corrected chi connectivity index (χ3v) is 0.668. The van der Waals surface area contributed by atoms with Crippen LogP contribution in [0.2, 0.25) is 0 Å². The Hall–Kier alpha value is -0.300. The Balaban J connectivity index is 3.28. The largest absolute Gasteiger partial charge is 0.320 e. The van der Waals surface area contributed by atoms with E-state index < -0.39 is 11.9 Å². The molecule has 0 bridgehead atoms. The van der Waals surface area contributed by atoms with Crippen LogP contribution in [-0.4, -0.2) is 11.9 Å². The highest BCUT2D eigenvalue weighted by atomic mass is 32.1. The molecule has 3 N–H and O–H groups in total. The smallest absolute Gasteiger partial charge is 0.262 e. The maximum absolute atomic E-state index is 10.4. The van der Waals surface area contributed by atoms with Gasteiger partial charge in [0.25, 0.3) is 5.91 Å². The van der Waals surface area contributed by atoms with Gasteiger partial charge in [-0.15, -0.1) is 4.33 Å². The van der Waals surface area contributed by atoms with Crippen molar-refractivity contribution < 1.29 is 14.1 Å². The van der Waals surface area contributed by atoms with E-state index in [1.165, 1.54) is 6.92 Å². The predicted molar refractivity (Wildman–Crippen MR) is 32.9 cm³/mol. The highest BCUT2D eigenvalue weighted by molar-refractivity contribution is 7.74. The van der Waals surface area contributed by atoms with Crippen molar-refractivity contribution in [1.29, 1.82) is 0 Å². The van der Waals surface area contributed by atoms with E-state index in [2.05, 4.69) is 22.2 Å². The summed E-state index contributed by atoms with van der Waals surface area (Å²) >= 11 is 3.19. The number of hydrogen-bond donors (Lipinski definition) is 3. The molecule has 1 unspecified atom stereocenters. The van der Waals surface area contributed by atoms with Crippen molar-refractivity contribution in [3.8, 4) is 0 Å². The van der Waals surface area contributed by atoms with Crippen molar-refractivity contribution in [1.82, 2.24) is 5.48 Å². The first kappa shape index (κ1) is 8.70. The molecule has 0 radical (unpaired) electrons. The number of rotatable bonds is 3. The van der Waals surface area contributed by atoms with Crippen molar-refractivity contribution in [2.75, 3.05) is 0 Å². The molecule has 6 heteroatoms. The molecule has 0 aromatic rings. The highest BCUT2D eigenvalue weighted by Gasteiger charge is 2.05. The lowest BCUT2D eigenvalue weighted by Gasteiger charge is -2.02. The van der Waals surface area contributed by atoms with E-state index in [1.54, 1.807) is 0 Å². The van der Waals surface area contributed by atoms with Gasteiger partial charge in [-0.25, -0.2) is 5.48 Å². The molecule has 0 aromatic heterocycles. The Morgan fingerprint density at radius 2 is 2.44 bits per heavy atom. The zero-order chi connectivity index (χ0) is 7.28. The molecule has 0 rings (SSSR count). The van der Waals surface area contributed by atoms with Gasteiger partial charge in [0, 0.05) is 12.9 Å². The molecule has 0 aliphatic heterocycles. The van der Waals surface area contributed by atoms with Crippen molar-refractivity contribution in [2.45, 2.75) is 13.0 Å². The van der Waals surface area contributed by atoms with E-state index in [1.807, 2.05) is 5.48 Å². The summed E-state index contributed by atoms with van der Waals surface area (Å²) in [5.41, 5.74) is 6.97. The summed E-state index contributed by atoms with van der Waals surface area (Å²) in [5.74, 6) is -0.468. The van der Waals surface area contributed by atoms with Gasteiger partial charge in [0.1, 0.15) is 0 Å². The molecular formula is C3H8N2O3S. The van der Waals surface area contributed by atoms with Crippen molar-refractivity contribution in [3.63, 3.8) is 0 Å². The Labute approximate surface area is 58.0 Å².